The van der Waals surface area contributed by atoms with Gasteiger partial charge in [0.2, 0.25) is 5.88 Å². The number of thiophene rings is 1. The van der Waals surface area contributed by atoms with Crippen LogP contribution < -0.4 is 10.3 Å². The maximum absolute atomic E-state index is 12.2. The lowest BCUT2D eigenvalue weighted by Gasteiger charge is -2.11. The van der Waals surface area contributed by atoms with Crippen molar-refractivity contribution in [3.63, 3.8) is 0 Å². The molecule has 6 nitrogen and oxygen atoms in total. The first-order chi connectivity index (χ1) is 12.2. The van der Waals surface area contributed by atoms with Gasteiger partial charge >= 0.3 is 0 Å². The molecule has 25 heavy (non-hydrogen) atoms. The van der Waals surface area contributed by atoms with Gasteiger partial charge in [0.25, 0.3) is 5.56 Å². The number of H-pyrrole nitrogens is 1. The molecule has 0 saturated carbocycles. The minimum absolute atomic E-state index is 0.219. The number of nitrogens with one attached hydrogen (secondary N) is 1. The van der Waals surface area contributed by atoms with Gasteiger partial charge in [0, 0.05) is 10.9 Å². The molecule has 122 valence electrons. The highest BCUT2D eigenvalue weighted by Gasteiger charge is 2.22. The molecule has 1 aromatic carbocycles. The van der Waals surface area contributed by atoms with Crippen LogP contribution in [0.4, 0.5) is 0 Å². The zero-order valence-corrected chi connectivity index (χ0v) is 14.1. The summed E-state index contributed by atoms with van der Waals surface area (Å²) in [4.78, 5) is 24.2. The maximum Gasteiger partial charge on any atom is 0.268 e. The molecule has 0 aliphatic heterocycles. The molecule has 0 fully saturated rings. The third-order valence-corrected chi connectivity index (χ3v) is 4.90. The van der Waals surface area contributed by atoms with Gasteiger partial charge in [-0.25, -0.2) is 9.97 Å². The number of aromatic amines is 1. The molecule has 7 heteroatoms. The Morgan fingerprint density at radius 2 is 2.12 bits per heavy atom. The summed E-state index contributed by atoms with van der Waals surface area (Å²) in [7, 11) is 0. The number of fused-ring (bicyclic) bond motifs is 3. The van der Waals surface area contributed by atoms with Crippen LogP contribution in [0.5, 0.6) is 5.88 Å². The van der Waals surface area contributed by atoms with Crippen molar-refractivity contribution in [3.05, 3.63) is 52.6 Å². The van der Waals surface area contributed by atoms with Crippen molar-refractivity contribution in [3.8, 4) is 23.1 Å². The Hall–Kier alpha value is -3.24. The number of benzene rings is 1. The Kier molecular flexibility index (Phi) is 3.67. The van der Waals surface area contributed by atoms with Crippen LogP contribution in [0.2, 0.25) is 0 Å². The van der Waals surface area contributed by atoms with Crippen molar-refractivity contribution >= 4 is 31.8 Å². The van der Waals surface area contributed by atoms with Crippen LogP contribution in [-0.2, 0) is 0 Å². The van der Waals surface area contributed by atoms with E-state index < -0.39 is 0 Å². The summed E-state index contributed by atoms with van der Waals surface area (Å²) in [5.41, 5.74) is 2.23. The van der Waals surface area contributed by atoms with Crippen molar-refractivity contribution in [1.29, 1.82) is 5.26 Å². The van der Waals surface area contributed by atoms with Crippen molar-refractivity contribution in [1.82, 2.24) is 15.0 Å². The summed E-state index contributed by atoms with van der Waals surface area (Å²) in [6, 6.07) is 11.8. The fourth-order valence-electron chi connectivity index (χ4n) is 2.83. The summed E-state index contributed by atoms with van der Waals surface area (Å²) in [6.07, 6.45) is 1.37. The number of nitriles is 1. The van der Waals surface area contributed by atoms with E-state index in [1.807, 2.05) is 37.3 Å². The predicted octanol–water partition coefficient (Wildman–Crippen LogP) is 3.47. The minimum Gasteiger partial charge on any atom is -0.477 e. The molecule has 4 rings (SSSR count). The van der Waals surface area contributed by atoms with Gasteiger partial charge < -0.3 is 9.72 Å². The molecule has 0 spiro atoms. The molecule has 3 heterocycles. The highest BCUT2D eigenvalue weighted by Crippen LogP contribution is 2.41. The first-order valence-electron chi connectivity index (χ1n) is 7.66. The molecular formula is C18H12N4O2S. The molecule has 0 bridgehead atoms. The van der Waals surface area contributed by atoms with E-state index in [1.54, 1.807) is 0 Å². The van der Waals surface area contributed by atoms with Crippen LogP contribution in [0.15, 0.2) is 41.5 Å². The summed E-state index contributed by atoms with van der Waals surface area (Å²) < 4.78 is 6.08. The fourth-order valence-corrected chi connectivity index (χ4v) is 3.86. The molecule has 0 unspecified atom stereocenters. The molecule has 0 aliphatic rings. The molecule has 0 aliphatic carbocycles. The average Bonchev–Trinajstić information content (AvgIpc) is 3.01. The van der Waals surface area contributed by atoms with Crippen LogP contribution in [0.3, 0.4) is 0 Å². The van der Waals surface area contributed by atoms with E-state index in [0.717, 1.165) is 5.56 Å². The third kappa shape index (κ3) is 2.35. The Labute approximate surface area is 146 Å². The van der Waals surface area contributed by atoms with Gasteiger partial charge in [0.1, 0.15) is 21.2 Å². The number of hydrogen-bond acceptors (Lipinski definition) is 6. The fraction of sp³-hybridized carbons (Fsp3) is 0.111. The monoisotopic (exact) mass is 348 g/mol. The highest BCUT2D eigenvalue weighted by molar-refractivity contribution is 7.25. The largest absolute Gasteiger partial charge is 0.477 e. The number of nitrogens with zero attached hydrogens (tertiary/aromatic N) is 3. The second-order valence-corrected chi connectivity index (χ2v) is 6.27. The van der Waals surface area contributed by atoms with Crippen LogP contribution >= 0.6 is 11.3 Å². The SMILES string of the molecule is CCOc1nc2sc3c(=O)[nH]cnc3c2c(-c2ccccc2)c1C#N. The van der Waals surface area contributed by atoms with Crippen molar-refractivity contribution in [2.45, 2.75) is 6.92 Å². The van der Waals surface area contributed by atoms with E-state index >= 15 is 0 Å². The molecule has 3 aromatic heterocycles. The smallest absolute Gasteiger partial charge is 0.268 e. The van der Waals surface area contributed by atoms with Gasteiger partial charge in [-0.05, 0) is 12.5 Å². The molecular weight excluding hydrogens is 336 g/mol. The minimum atomic E-state index is -0.219. The van der Waals surface area contributed by atoms with Crippen LogP contribution in [-0.4, -0.2) is 21.6 Å². The lowest BCUT2D eigenvalue weighted by molar-refractivity contribution is 0.327. The Morgan fingerprint density at radius 1 is 1.32 bits per heavy atom. The second kappa shape index (κ2) is 6.00. The number of ether oxygens (including phenoxy) is 1. The maximum atomic E-state index is 12.2. The van der Waals surface area contributed by atoms with Gasteiger partial charge in [-0.1, -0.05) is 30.3 Å². The number of rotatable bonds is 3. The lowest BCUT2D eigenvalue weighted by Crippen LogP contribution is -2.03. The first kappa shape index (κ1) is 15.3. The van der Waals surface area contributed by atoms with Crippen molar-refractivity contribution in [2.75, 3.05) is 6.61 Å². The standard InChI is InChI=1S/C18H12N4O2S/c1-2-24-17-11(8-19)12(10-6-4-3-5-7-10)13-14-15(25-18(13)22-17)16(23)21-9-20-14/h3-7,9H,2H2,1H3,(H,20,21,23). The summed E-state index contributed by atoms with van der Waals surface area (Å²) in [5.74, 6) is 0.277. The van der Waals surface area contributed by atoms with Crippen LogP contribution in [0.25, 0.3) is 31.6 Å². The van der Waals surface area contributed by atoms with E-state index in [4.69, 9.17) is 4.74 Å². The molecule has 0 saturated heterocycles. The van der Waals surface area contributed by atoms with E-state index in [9.17, 15) is 10.1 Å². The summed E-state index contributed by atoms with van der Waals surface area (Å²) in [6.45, 7) is 2.23. The lowest BCUT2D eigenvalue weighted by atomic mass is 9.98. The Balaban J connectivity index is 2.25. The zero-order chi connectivity index (χ0) is 17.4. The van der Waals surface area contributed by atoms with Gasteiger partial charge in [-0.2, -0.15) is 5.26 Å². The number of hydrogen-bond donors (Lipinski definition) is 1. The Morgan fingerprint density at radius 3 is 2.84 bits per heavy atom. The molecule has 0 atom stereocenters. The van der Waals surface area contributed by atoms with Gasteiger partial charge in [-0.3, -0.25) is 4.79 Å². The average molecular weight is 348 g/mol. The van der Waals surface area contributed by atoms with E-state index in [1.165, 1.54) is 17.7 Å². The van der Waals surface area contributed by atoms with Gasteiger partial charge in [0.15, 0.2) is 0 Å². The third-order valence-electron chi connectivity index (χ3n) is 3.83. The van der Waals surface area contributed by atoms with Gasteiger partial charge in [0.05, 0.1) is 18.5 Å². The first-order valence-corrected chi connectivity index (χ1v) is 8.48. The predicted molar refractivity (Wildman–Crippen MR) is 96.9 cm³/mol. The summed E-state index contributed by atoms with van der Waals surface area (Å²) in [5, 5.41) is 10.5. The van der Waals surface area contributed by atoms with Gasteiger partial charge in [-0.15, -0.1) is 11.3 Å². The zero-order valence-electron chi connectivity index (χ0n) is 13.2. The normalized spacial score (nSPS) is 10.9. The van der Waals surface area contributed by atoms with Crippen molar-refractivity contribution < 1.29 is 4.74 Å². The second-order valence-electron chi connectivity index (χ2n) is 5.27. The van der Waals surface area contributed by atoms with E-state index in [-0.39, 0.29) is 11.4 Å². The Bertz CT molecular complexity index is 1190. The van der Waals surface area contributed by atoms with Crippen molar-refractivity contribution in [2.24, 2.45) is 0 Å². The molecule has 4 aromatic rings. The molecule has 0 radical (unpaired) electrons. The molecule has 0 amide bonds. The van der Waals surface area contributed by atoms with Crippen LogP contribution in [0.1, 0.15) is 12.5 Å². The van der Waals surface area contributed by atoms with E-state index in [0.29, 0.717) is 38.2 Å². The van der Waals surface area contributed by atoms with E-state index in [2.05, 4.69) is 21.0 Å². The van der Waals surface area contributed by atoms with Crippen LogP contribution in [0, 0.1) is 11.3 Å². The number of aromatic nitrogens is 3. The highest BCUT2D eigenvalue weighted by atomic mass is 32.1. The summed E-state index contributed by atoms with van der Waals surface area (Å²) >= 11 is 1.25. The quantitative estimate of drug-likeness (QED) is 0.612. The number of pyridine rings is 1. The topological polar surface area (TPSA) is 91.7 Å². The molecule has 1 N–H and O–H groups in total.